The highest BCUT2D eigenvalue weighted by atomic mass is 19.4. The summed E-state index contributed by atoms with van der Waals surface area (Å²) in [6, 6.07) is 14.3. The first-order valence-electron chi connectivity index (χ1n) is 14.6. The number of carbonyl (C=O) groups excluding carboxylic acids is 2. The van der Waals surface area contributed by atoms with Gasteiger partial charge in [0.1, 0.15) is 0 Å². The van der Waals surface area contributed by atoms with Crippen LogP contribution in [0.15, 0.2) is 73.1 Å². The molecule has 2 aliphatic rings. The van der Waals surface area contributed by atoms with Crippen LogP contribution in [0.5, 0.6) is 0 Å². The van der Waals surface area contributed by atoms with E-state index in [1.807, 2.05) is 19.1 Å². The Hall–Kier alpha value is -5.06. The quantitative estimate of drug-likeness (QED) is 0.237. The van der Waals surface area contributed by atoms with Crippen molar-refractivity contribution >= 4 is 17.8 Å². The summed E-state index contributed by atoms with van der Waals surface area (Å²) in [5.74, 6) is -1.87. The summed E-state index contributed by atoms with van der Waals surface area (Å²) in [7, 11) is 0. The van der Waals surface area contributed by atoms with Gasteiger partial charge in [-0.25, -0.2) is 4.79 Å². The van der Waals surface area contributed by atoms with Gasteiger partial charge in [-0.2, -0.15) is 13.2 Å². The highest BCUT2D eigenvalue weighted by Gasteiger charge is 2.44. The molecule has 45 heavy (non-hydrogen) atoms. The Balaban J connectivity index is 1.36. The van der Waals surface area contributed by atoms with Gasteiger partial charge in [-0.15, -0.1) is 0 Å². The summed E-state index contributed by atoms with van der Waals surface area (Å²) >= 11 is 0. The fourth-order valence-electron chi connectivity index (χ4n) is 6.18. The predicted molar refractivity (Wildman–Crippen MR) is 159 cm³/mol. The predicted octanol–water partition coefficient (Wildman–Crippen LogP) is 6.43. The number of hydrogen-bond donors (Lipinski definition) is 2. The number of carbonyl (C=O) groups is 3. The number of rotatable bonds is 8. The first kappa shape index (κ1) is 30.0. The number of nitrogens with zero attached hydrogens (tertiary/aromatic N) is 3. The van der Waals surface area contributed by atoms with Gasteiger partial charge in [0.25, 0.3) is 11.8 Å². The second-order valence-corrected chi connectivity index (χ2v) is 11.3. The maximum atomic E-state index is 13.6. The van der Waals surface area contributed by atoms with E-state index in [1.165, 1.54) is 12.1 Å². The van der Waals surface area contributed by atoms with Crippen LogP contribution in [0.3, 0.4) is 0 Å². The minimum absolute atomic E-state index is 0.126. The molecule has 11 heteroatoms. The molecule has 1 fully saturated rings. The first-order chi connectivity index (χ1) is 21.5. The van der Waals surface area contributed by atoms with Crippen molar-refractivity contribution in [2.45, 2.75) is 50.9 Å². The molecule has 2 aromatic carbocycles. The van der Waals surface area contributed by atoms with Crippen molar-refractivity contribution in [3.8, 4) is 11.1 Å². The van der Waals surface area contributed by atoms with E-state index in [4.69, 9.17) is 4.98 Å². The van der Waals surface area contributed by atoms with Crippen molar-refractivity contribution in [2.75, 3.05) is 6.54 Å². The molecule has 0 saturated carbocycles. The number of aryl methyl sites for hydroxylation is 2. The lowest BCUT2D eigenvalue weighted by molar-refractivity contribution is -0.137. The van der Waals surface area contributed by atoms with Crippen molar-refractivity contribution in [2.24, 2.45) is 0 Å². The van der Waals surface area contributed by atoms with Crippen molar-refractivity contribution in [3.05, 3.63) is 118 Å². The number of carboxylic acid groups (broad SMARTS) is 1. The van der Waals surface area contributed by atoms with E-state index in [-0.39, 0.29) is 59.1 Å². The average molecular weight is 615 g/mol. The Morgan fingerprint density at radius 2 is 1.69 bits per heavy atom. The van der Waals surface area contributed by atoms with E-state index in [2.05, 4.69) is 10.3 Å². The van der Waals surface area contributed by atoms with Crippen LogP contribution in [0.25, 0.3) is 11.1 Å². The second-order valence-electron chi connectivity index (χ2n) is 11.3. The fraction of sp³-hybridized carbons (Fsp3) is 0.265. The maximum absolute atomic E-state index is 13.6. The van der Waals surface area contributed by atoms with Crippen LogP contribution in [-0.4, -0.2) is 44.3 Å². The normalized spacial score (nSPS) is 16.3. The van der Waals surface area contributed by atoms with Crippen molar-refractivity contribution in [3.63, 3.8) is 0 Å². The number of fused-ring (bicyclic) bond motifs is 3. The minimum Gasteiger partial charge on any atom is -0.478 e. The van der Waals surface area contributed by atoms with Crippen LogP contribution in [0.2, 0.25) is 0 Å². The highest BCUT2D eigenvalue weighted by Crippen LogP contribution is 2.45. The lowest BCUT2D eigenvalue weighted by Crippen LogP contribution is -2.26. The number of hydrogen-bond acceptors (Lipinski definition) is 5. The average Bonchev–Trinajstić information content (AvgIpc) is 3.62. The Kier molecular flexibility index (Phi) is 7.86. The number of aromatic nitrogens is 2. The molecule has 4 heterocycles. The van der Waals surface area contributed by atoms with E-state index < -0.39 is 17.7 Å². The van der Waals surface area contributed by atoms with Crippen molar-refractivity contribution in [1.29, 1.82) is 0 Å². The van der Waals surface area contributed by atoms with Gasteiger partial charge in [0, 0.05) is 30.1 Å². The van der Waals surface area contributed by atoms with E-state index in [0.717, 1.165) is 24.1 Å². The molecule has 2 atom stereocenters. The number of pyridine rings is 2. The van der Waals surface area contributed by atoms with Crippen molar-refractivity contribution < 1.29 is 32.7 Å². The molecule has 6 rings (SSSR count). The van der Waals surface area contributed by atoms with Gasteiger partial charge in [-0.1, -0.05) is 24.3 Å². The largest absolute Gasteiger partial charge is 0.478 e. The van der Waals surface area contributed by atoms with Gasteiger partial charge >= 0.3 is 12.1 Å². The highest BCUT2D eigenvalue weighted by molar-refractivity contribution is 6.10. The summed E-state index contributed by atoms with van der Waals surface area (Å²) in [4.78, 5) is 49.9. The molecule has 2 aromatic heterocycles. The topological polar surface area (TPSA) is 112 Å². The summed E-state index contributed by atoms with van der Waals surface area (Å²) in [5, 5.41) is 13.4. The zero-order chi connectivity index (χ0) is 31.9. The molecule has 2 N–H and O–H groups in total. The molecule has 0 radical (unpaired) electrons. The molecule has 2 aliphatic heterocycles. The monoisotopic (exact) mass is 614 g/mol. The Bertz CT molecular complexity index is 1770. The van der Waals surface area contributed by atoms with Crippen LogP contribution in [0, 0.1) is 0 Å². The number of alkyl halides is 3. The van der Waals surface area contributed by atoms with Crippen LogP contribution in [-0.2, 0) is 19.0 Å². The number of carboxylic acids is 1. The Morgan fingerprint density at radius 1 is 1.00 bits per heavy atom. The van der Waals surface area contributed by atoms with Gasteiger partial charge in [0.05, 0.1) is 40.2 Å². The molecule has 8 nitrogen and oxygen atoms in total. The molecule has 0 aliphatic carbocycles. The molecule has 0 unspecified atom stereocenters. The summed E-state index contributed by atoms with van der Waals surface area (Å²) in [6.45, 7) is 2.39. The number of amides is 2. The fourth-order valence-corrected chi connectivity index (χ4v) is 6.18. The van der Waals surface area contributed by atoms with Crippen LogP contribution >= 0.6 is 0 Å². The molecule has 0 spiro atoms. The molecular formula is C34H29F3N4O4. The zero-order valence-electron chi connectivity index (χ0n) is 24.3. The molecule has 2 amide bonds. The summed E-state index contributed by atoms with van der Waals surface area (Å²) in [6.07, 6.45) is 0.718. The number of nitrogens with one attached hydrogen (secondary N) is 1. The smallest absolute Gasteiger partial charge is 0.416 e. The third-order valence-corrected chi connectivity index (χ3v) is 8.48. The van der Waals surface area contributed by atoms with Gasteiger partial charge < -0.3 is 15.3 Å². The minimum atomic E-state index is -4.46. The second kappa shape index (κ2) is 11.8. The molecule has 4 aromatic rings. The van der Waals surface area contributed by atoms with Crippen LogP contribution < -0.4 is 5.32 Å². The Morgan fingerprint density at radius 3 is 2.33 bits per heavy atom. The molecule has 230 valence electrons. The molecule has 0 bridgehead atoms. The number of halogens is 3. The van der Waals surface area contributed by atoms with Crippen molar-refractivity contribution in [1.82, 2.24) is 20.2 Å². The van der Waals surface area contributed by atoms with E-state index in [9.17, 15) is 32.7 Å². The van der Waals surface area contributed by atoms with Gasteiger partial charge in [-0.3, -0.25) is 19.6 Å². The SMILES string of the molecule is C[C@H](NC(=O)c1ccc(-c2c(C(=O)O)c(CCc3ccc(C(F)(F)F)cc3)nc3c2C(=O)N2CCC[C@@H]32)cc1)c1ccncc1. The number of aromatic carboxylic acids is 1. The maximum Gasteiger partial charge on any atom is 0.416 e. The van der Waals surface area contributed by atoms with E-state index >= 15 is 0 Å². The standard InChI is InChI=1S/C34H29F3N4O4/c1-19(21-14-16-38-17-15-21)39-31(42)23-9-7-22(8-10-23)27-28(33(44)45)25(13-6-20-4-11-24(12-5-20)34(35,36)37)40-30-26-3-2-18-41(26)32(43)29(27)30/h4-5,7-12,14-17,19,26H,2-3,6,13,18H2,1H3,(H,39,42)(H,44,45)/t19-,26-/m0/s1. The van der Waals surface area contributed by atoms with E-state index in [1.54, 1.807) is 41.6 Å². The van der Waals surface area contributed by atoms with Crippen LogP contribution in [0.1, 0.15) is 91.0 Å². The molecular weight excluding hydrogens is 585 g/mol. The third kappa shape index (κ3) is 5.77. The number of benzene rings is 2. The summed E-state index contributed by atoms with van der Waals surface area (Å²) < 4.78 is 39.1. The third-order valence-electron chi connectivity index (χ3n) is 8.48. The lowest BCUT2D eigenvalue weighted by atomic mass is 9.89. The van der Waals surface area contributed by atoms with Crippen LogP contribution in [0.4, 0.5) is 13.2 Å². The first-order valence-corrected chi connectivity index (χ1v) is 14.6. The van der Waals surface area contributed by atoms with Gasteiger partial charge in [-0.05, 0) is 85.7 Å². The van der Waals surface area contributed by atoms with Gasteiger partial charge in [0.15, 0.2) is 0 Å². The van der Waals surface area contributed by atoms with Gasteiger partial charge in [0.2, 0.25) is 0 Å². The summed E-state index contributed by atoms with van der Waals surface area (Å²) in [5.41, 5.74) is 2.67. The Labute approximate surface area is 256 Å². The molecule has 1 saturated heterocycles. The van der Waals surface area contributed by atoms with E-state index in [0.29, 0.717) is 35.3 Å². The lowest BCUT2D eigenvalue weighted by Gasteiger charge is -2.17. The zero-order valence-corrected chi connectivity index (χ0v) is 24.3.